The minimum absolute atomic E-state index is 0.125. The molecule has 0 aliphatic heterocycles. The first kappa shape index (κ1) is 13.4. The van der Waals surface area contributed by atoms with Gasteiger partial charge in [-0.05, 0) is 41.3 Å². The Labute approximate surface area is 108 Å². The Balaban J connectivity index is 2.59. The van der Waals surface area contributed by atoms with E-state index in [2.05, 4.69) is 10.6 Å². The molecule has 0 fully saturated rings. The number of nitrogens with one attached hydrogen (secondary N) is 2. The minimum Gasteiger partial charge on any atom is -0.351 e. The number of amides is 1. The van der Waals surface area contributed by atoms with E-state index >= 15 is 0 Å². The Hall–Kier alpha value is -0.690. The van der Waals surface area contributed by atoms with Gasteiger partial charge in [-0.3, -0.25) is 4.79 Å². The molecule has 1 rings (SSSR count). The average molecular weight is 336 g/mol. The Kier molecular flexibility index (Phi) is 5.68. The molecule has 0 saturated carbocycles. The van der Waals surface area contributed by atoms with Crippen LogP contribution in [0.3, 0.4) is 0 Å². The molecule has 5 heteroatoms. The van der Waals surface area contributed by atoms with Crippen LogP contribution in [-0.2, 0) is 0 Å². The van der Waals surface area contributed by atoms with Gasteiger partial charge < -0.3 is 10.6 Å². The van der Waals surface area contributed by atoms with Crippen molar-refractivity contribution < 1.29 is 9.18 Å². The second kappa shape index (κ2) is 6.80. The van der Waals surface area contributed by atoms with Crippen molar-refractivity contribution >= 4 is 28.5 Å². The second-order valence-electron chi connectivity index (χ2n) is 3.21. The van der Waals surface area contributed by atoms with E-state index in [0.717, 1.165) is 6.54 Å². The summed E-state index contributed by atoms with van der Waals surface area (Å²) in [5.41, 5.74) is 0.125. The zero-order chi connectivity index (χ0) is 12.0. The number of hydrogen-bond acceptors (Lipinski definition) is 2. The molecule has 0 radical (unpaired) electrons. The first-order valence-electron chi connectivity index (χ1n) is 5.09. The summed E-state index contributed by atoms with van der Waals surface area (Å²) in [6, 6.07) is 4.59. The van der Waals surface area contributed by atoms with Crippen LogP contribution in [0.2, 0.25) is 0 Å². The van der Waals surface area contributed by atoms with E-state index in [0.29, 0.717) is 16.7 Å². The first-order valence-corrected chi connectivity index (χ1v) is 6.17. The summed E-state index contributed by atoms with van der Waals surface area (Å²) in [6.07, 6.45) is 0. The van der Waals surface area contributed by atoms with Gasteiger partial charge >= 0.3 is 0 Å². The van der Waals surface area contributed by atoms with Gasteiger partial charge in [-0.25, -0.2) is 4.39 Å². The van der Waals surface area contributed by atoms with E-state index in [-0.39, 0.29) is 11.5 Å². The van der Waals surface area contributed by atoms with Crippen LogP contribution in [0.15, 0.2) is 18.2 Å². The number of benzene rings is 1. The number of carbonyl (C=O) groups is 1. The molecule has 0 bridgehead atoms. The van der Waals surface area contributed by atoms with Crippen LogP contribution in [-0.4, -0.2) is 25.5 Å². The predicted molar refractivity (Wildman–Crippen MR) is 70.0 cm³/mol. The van der Waals surface area contributed by atoms with Crippen molar-refractivity contribution in [3.63, 3.8) is 0 Å². The van der Waals surface area contributed by atoms with Gasteiger partial charge in [0.2, 0.25) is 0 Å². The Morgan fingerprint density at radius 1 is 1.44 bits per heavy atom. The minimum atomic E-state index is -0.479. The molecule has 0 spiro atoms. The smallest absolute Gasteiger partial charge is 0.255 e. The summed E-state index contributed by atoms with van der Waals surface area (Å²) in [6.45, 7) is 4.03. The summed E-state index contributed by atoms with van der Waals surface area (Å²) < 4.78 is 14.0. The molecule has 0 aliphatic rings. The molecule has 88 valence electrons. The summed E-state index contributed by atoms with van der Waals surface area (Å²) in [5.74, 6) is -0.840. The zero-order valence-electron chi connectivity index (χ0n) is 9.02. The fraction of sp³-hybridized carbons (Fsp3) is 0.364. The highest BCUT2D eigenvalue weighted by Gasteiger charge is 2.14. The monoisotopic (exact) mass is 336 g/mol. The van der Waals surface area contributed by atoms with Gasteiger partial charge in [0, 0.05) is 16.7 Å². The van der Waals surface area contributed by atoms with E-state index in [9.17, 15) is 9.18 Å². The third-order valence-electron chi connectivity index (χ3n) is 2.03. The Bertz CT molecular complexity index is 351. The fourth-order valence-electron chi connectivity index (χ4n) is 1.24. The van der Waals surface area contributed by atoms with Crippen LogP contribution >= 0.6 is 22.6 Å². The van der Waals surface area contributed by atoms with Gasteiger partial charge in [0.05, 0.1) is 5.56 Å². The van der Waals surface area contributed by atoms with Crippen molar-refractivity contribution in [1.82, 2.24) is 10.6 Å². The van der Waals surface area contributed by atoms with Gasteiger partial charge in [-0.1, -0.05) is 13.0 Å². The molecule has 0 aromatic heterocycles. The van der Waals surface area contributed by atoms with Gasteiger partial charge in [0.1, 0.15) is 5.82 Å². The van der Waals surface area contributed by atoms with Crippen LogP contribution in [0.1, 0.15) is 17.3 Å². The molecule has 0 unspecified atom stereocenters. The lowest BCUT2D eigenvalue weighted by molar-refractivity contribution is 0.0949. The lowest BCUT2D eigenvalue weighted by Gasteiger charge is -2.07. The lowest BCUT2D eigenvalue weighted by atomic mass is 10.2. The number of likely N-dealkylation sites (N-methyl/N-ethyl adjacent to an activating group) is 1. The molecular weight excluding hydrogens is 322 g/mol. The van der Waals surface area contributed by atoms with E-state index in [1.165, 1.54) is 6.07 Å². The van der Waals surface area contributed by atoms with Crippen molar-refractivity contribution in [3.8, 4) is 0 Å². The maximum Gasteiger partial charge on any atom is 0.255 e. The second-order valence-corrected chi connectivity index (χ2v) is 4.37. The molecule has 1 aromatic rings. The van der Waals surface area contributed by atoms with Crippen molar-refractivity contribution in [2.45, 2.75) is 6.92 Å². The Morgan fingerprint density at radius 2 is 2.19 bits per heavy atom. The Morgan fingerprint density at radius 3 is 2.81 bits per heavy atom. The van der Waals surface area contributed by atoms with E-state index in [1.807, 2.05) is 29.5 Å². The summed E-state index contributed by atoms with van der Waals surface area (Å²) in [7, 11) is 0. The zero-order valence-corrected chi connectivity index (χ0v) is 11.2. The lowest BCUT2D eigenvalue weighted by Crippen LogP contribution is -2.32. The van der Waals surface area contributed by atoms with E-state index in [4.69, 9.17) is 0 Å². The normalized spacial score (nSPS) is 10.2. The predicted octanol–water partition coefficient (Wildman–Crippen LogP) is 1.77. The van der Waals surface area contributed by atoms with Crippen molar-refractivity contribution in [3.05, 3.63) is 33.1 Å². The van der Waals surface area contributed by atoms with Crippen molar-refractivity contribution in [2.24, 2.45) is 0 Å². The average Bonchev–Trinajstić information content (AvgIpc) is 2.24. The van der Waals surface area contributed by atoms with Gasteiger partial charge in [0.25, 0.3) is 5.91 Å². The van der Waals surface area contributed by atoms with E-state index < -0.39 is 5.82 Å². The van der Waals surface area contributed by atoms with Crippen LogP contribution in [0.4, 0.5) is 4.39 Å². The number of halogens is 2. The standard InChI is InChI=1S/C11H14FIN2O/c1-2-14-6-7-15-11(16)10-8(12)4-3-5-9(10)13/h3-5,14H,2,6-7H2,1H3,(H,15,16). The molecule has 0 aliphatic carbocycles. The number of hydrogen-bond donors (Lipinski definition) is 2. The SMILES string of the molecule is CCNCCNC(=O)c1c(F)cccc1I. The first-order chi connectivity index (χ1) is 7.66. The molecule has 3 nitrogen and oxygen atoms in total. The summed E-state index contributed by atoms with van der Waals surface area (Å²) in [5, 5.41) is 5.74. The van der Waals surface area contributed by atoms with E-state index in [1.54, 1.807) is 12.1 Å². The molecule has 1 amide bonds. The van der Waals surface area contributed by atoms with Crippen molar-refractivity contribution in [1.29, 1.82) is 0 Å². The fourth-order valence-corrected chi connectivity index (χ4v) is 1.95. The van der Waals surface area contributed by atoms with Gasteiger partial charge in [0.15, 0.2) is 0 Å². The maximum absolute atomic E-state index is 13.4. The summed E-state index contributed by atoms with van der Waals surface area (Å²) >= 11 is 1.95. The number of rotatable bonds is 5. The quantitative estimate of drug-likeness (QED) is 0.636. The van der Waals surface area contributed by atoms with Crippen LogP contribution in [0, 0.1) is 9.39 Å². The largest absolute Gasteiger partial charge is 0.351 e. The number of carbonyl (C=O) groups excluding carboxylic acids is 1. The molecule has 0 heterocycles. The topological polar surface area (TPSA) is 41.1 Å². The van der Waals surface area contributed by atoms with Gasteiger partial charge in [-0.2, -0.15) is 0 Å². The maximum atomic E-state index is 13.4. The van der Waals surface area contributed by atoms with Crippen molar-refractivity contribution in [2.75, 3.05) is 19.6 Å². The summed E-state index contributed by atoms with van der Waals surface area (Å²) in [4.78, 5) is 11.7. The molecule has 16 heavy (non-hydrogen) atoms. The van der Waals surface area contributed by atoms with Gasteiger partial charge in [-0.15, -0.1) is 0 Å². The molecule has 1 aromatic carbocycles. The highest BCUT2D eigenvalue weighted by molar-refractivity contribution is 14.1. The molecular formula is C11H14FIN2O. The third kappa shape index (κ3) is 3.71. The van der Waals surface area contributed by atoms with Crippen LogP contribution in [0.5, 0.6) is 0 Å². The van der Waals surface area contributed by atoms with Crippen LogP contribution in [0.25, 0.3) is 0 Å². The highest BCUT2D eigenvalue weighted by Crippen LogP contribution is 2.15. The molecule has 0 saturated heterocycles. The molecule has 2 N–H and O–H groups in total. The van der Waals surface area contributed by atoms with Crippen LogP contribution < -0.4 is 10.6 Å². The third-order valence-corrected chi connectivity index (χ3v) is 2.93. The molecule has 0 atom stereocenters. The highest BCUT2D eigenvalue weighted by atomic mass is 127.